The Kier molecular flexibility index (Phi) is 7.83. The molecule has 1 aliphatic rings. The van der Waals surface area contributed by atoms with E-state index in [0.717, 1.165) is 19.6 Å². The number of fused-ring (bicyclic) bond motifs is 1. The summed E-state index contributed by atoms with van der Waals surface area (Å²) in [4.78, 5) is 35.3. The maximum Gasteiger partial charge on any atom is 0.295 e. The Morgan fingerprint density at radius 2 is 1.86 bits per heavy atom. The SMILES string of the molecule is CCN(CC)CCCN1C(=O)C(=O)/C(=C(/O)c2c(C)nc3ccccn23)[C@H]1c1cc(OC)ccc1OC. The van der Waals surface area contributed by atoms with Gasteiger partial charge in [-0.25, -0.2) is 4.98 Å². The third-order valence-corrected chi connectivity index (χ3v) is 6.97. The van der Waals surface area contributed by atoms with Crippen LogP contribution in [0.5, 0.6) is 11.5 Å². The predicted octanol–water partition coefficient (Wildman–Crippen LogP) is 3.81. The predicted molar refractivity (Wildman–Crippen MR) is 141 cm³/mol. The molecule has 0 radical (unpaired) electrons. The van der Waals surface area contributed by atoms with E-state index in [1.54, 1.807) is 42.8 Å². The number of carbonyl (C=O) groups is 2. The molecule has 1 amide bonds. The summed E-state index contributed by atoms with van der Waals surface area (Å²) in [6, 6.07) is 9.88. The van der Waals surface area contributed by atoms with Crippen LogP contribution in [0.25, 0.3) is 11.4 Å². The maximum atomic E-state index is 13.5. The van der Waals surface area contributed by atoms with Crippen LogP contribution in [0.15, 0.2) is 48.2 Å². The third-order valence-electron chi connectivity index (χ3n) is 6.97. The highest BCUT2D eigenvalue weighted by atomic mass is 16.5. The number of hydrogen-bond acceptors (Lipinski definition) is 7. The number of aliphatic hydroxyl groups is 1. The highest BCUT2D eigenvalue weighted by molar-refractivity contribution is 6.46. The van der Waals surface area contributed by atoms with E-state index in [4.69, 9.17) is 9.47 Å². The van der Waals surface area contributed by atoms with Gasteiger partial charge in [0.05, 0.1) is 31.5 Å². The van der Waals surface area contributed by atoms with Gasteiger partial charge in [0.25, 0.3) is 11.7 Å². The van der Waals surface area contributed by atoms with Crippen molar-refractivity contribution in [1.29, 1.82) is 0 Å². The van der Waals surface area contributed by atoms with Crippen molar-refractivity contribution in [2.24, 2.45) is 0 Å². The molecule has 0 spiro atoms. The van der Waals surface area contributed by atoms with E-state index in [0.29, 0.717) is 47.1 Å². The standard InChI is InChI=1S/C28H34N4O5/c1-6-30(7-2)14-10-16-32-25(20-17-19(36-4)12-13-21(20)37-5)23(27(34)28(32)35)26(33)24-18(3)29-22-11-8-9-15-31(22)24/h8-9,11-13,15,17,25,33H,6-7,10,14,16H2,1-5H3/b26-23+/t25-/m1/s1. The van der Waals surface area contributed by atoms with Gasteiger partial charge in [-0.1, -0.05) is 19.9 Å². The number of ketones is 1. The monoisotopic (exact) mass is 506 g/mol. The van der Waals surface area contributed by atoms with Crippen molar-refractivity contribution in [3.8, 4) is 11.5 Å². The number of imidazole rings is 1. The van der Waals surface area contributed by atoms with Gasteiger partial charge in [-0.3, -0.25) is 14.0 Å². The zero-order chi connectivity index (χ0) is 26.7. The number of benzene rings is 1. The number of aliphatic hydroxyl groups excluding tert-OH is 1. The molecule has 1 aliphatic heterocycles. The van der Waals surface area contributed by atoms with Gasteiger partial charge in [0.1, 0.15) is 22.8 Å². The minimum Gasteiger partial charge on any atom is -0.505 e. The lowest BCUT2D eigenvalue weighted by molar-refractivity contribution is -0.140. The number of Topliss-reactive ketones (excluding diaryl/α,β-unsaturated/α-hetero) is 1. The normalized spacial score (nSPS) is 17.2. The number of likely N-dealkylation sites (tertiary alicyclic amines) is 1. The van der Waals surface area contributed by atoms with E-state index in [-0.39, 0.29) is 11.3 Å². The molecule has 0 saturated carbocycles. The molecule has 9 nitrogen and oxygen atoms in total. The molecule has 9 heteroatoms. The van der Waals surface area contributed by atoms with Crippen molar-refractivity contribution in [2.45, 2.75) is 33.2 Å². The summed E-state index contributed by atoms with van der Waals surface area (Å²) in [5.41, 5.74) is 2.13. The molecular weight excluding hydrogens is 472 g/mol. The summed E-state index contributed by atoms with van der Waals surface area (Å²) in [6.45, 7) is 8.87. The minimum atomic E-state index is -0.851. The van der Waals surface area contributed by atoms with Gasteiger partial charge in [-0.2, -0.15) is 0 Å². The van der Waals surface area contributed by atoms with Crippen LogP contribution in [0.3, 0.4) is 0 Å². The lowest BCUT2D eigenvalue weighted by atomic mass is 9.95. The topological polar surface area (TPSA) is 96.6 Å². The number of nitrogens with zero attached hydrogens (tertiary/aromatic N) is 4. The van der Waals surface area contributed by atoms with Crippen LogP contribution in [0.2, 0.25) is 0 Å². The Balaban J connectivity index is 1.89. The van der Waals surface area contributed by atoms with Gasteiger partial charge in [0, 0.05) is 18.3 Å². The van der Waals surface area contributed by atoms with Crippen LogP contribution < -0.4 is 9.47 Å². The number of carbonyl (C=O) groups excluding carboxylic acids is 2. The Morgan fingerprint density at radius 3 is 2.54 bits per heavy atom. The van der Waals surface area contributed by atoms with Crippen LogP contribution in [-0.2, 0) is 9.59 Å². The maximum absolute atomic E-state index is 13.5. The van der Waals surface area contributed by atoms with E-state index in [1.165, 1.54) is 12.0 Å². The first-order valence-electron chi connectivity index (χ1n) is 12.5. The highest BCUT2D eigenvalue weighted by Crippen LogP contribution is 2.44. The summed E-state index contributed by atoms with van der Waals surface area (Å²) in [5.74, 6) is -0.615. The molecule has 3 aromatic rings. The Bertz CT molecular complexity index is 1340. The van der Waals surface area contributed by atoms with Gasteiger partial charge in [0.2, 0.25) is 0 Å². The van der Waals surface area contributed by atoms with Crippen molar-refractivity contribution in [3.63, 3.8) is 0 Å². The number of aromatic nitrogens is 2. The molecule has 1 aromatic carbocycles. The molecule has 1 saturated heterocycles. The fourth-order valence-electron chi connectivity index (χ4n) is 5.02. The zero-order valence-electron chi connectivity index (χ0n) is 22.0. The van der Waals surface area contributed by atoms with Crippen molar-refractivity contribution >= 4 is 23.1 Å². The van der Waals surface area contributed by atoms with Crippen molar-refractivity contribution in [3.05, 3.63) is 65.1 Å². The second-order valence-corrected chi connectivity index (χ2v) is 8.96. The molecule has 4 rings (SSSR count). The summed E-state index contributed by atoms with van der Waals surface area (Å²) in [5, 5.41) is 11.6. The van der Waals surface area contributed by atoms with Crippen molar-refractivity contribution < 1.29 is 24.2 Å². The van der Waals surface area contributed by atoms with Crippen LogP contribution in [-0.4, -0.2) is 76.4 Å². The number of rotatable bonds is 10. The summed E-state index contributed by atoms with van der Waals surface area (Å²) >= 11 is 0. The lowest BCUT2D eigenvalue weighted by Gasteiger charge is -2.28. The number of pyridine rings is 1. The molecule has 0 aliphatic carbocycles. The first-order valence-corrected chi connectivity index (χ1v) is 12.5. The molecule has 0 unspecified atom stereocenters. The van der Waals surface area contributed by atoms with Crippen LogP contribution in [0, 0.1) is 6.92 Å². The molecule has 1 fully saturated rings. The first-order chi connectivity index (χ1) is 17.9. The van der Waals surface area contributed by atoms with E-state index >= 15 is 0 Å². The quantitative estimate of drug-likeness (QED) is 0.254. The molecule has 1 atom stereocenters. The van der Waals surface area contributed by atoms with Gasteiger partial charge < -0.3 is 24.4 Å². The number of aryl methyl sites for hydroxylation is 1. The van der Waals surface area contributed by atoms with Crippen molar-refractivity contribution in [1.82, 2.24) is 19.2 Å². The molecule has 196 valence electrons. The summed E-state index contributed by atoms with van der Waals surface area (Å²) in [6.07, 6.45) is 2.44. The molecular formula is C28H34N4O5. The fourth-order valence-corrected chi connectivity index (χ4v) is 5.02. The van der Waals surface area contributed by atoms with E-state index in [1.807, 2.05) is 18.2 Å². The third kappa shape index (κ3) is 4.79. The fraction of sp³-hybridized carbons (Fsp3) is 0.393. The number of amides is 1. The number of hydrogen-bond donors (Lipinski definition) is 1. The van der Waals surface area contributed by atoms with Gasteiger partial charge >= 0.3 is 0 Å². The van der Waals surface area contributed by atoms with Gasteiger partial charge in [-0.15, -0.1) is 0 Å². The second kappa shape index (κ2) is 11.0. The highest BCUT2D eigenvalue weighted by Gasteiger charge is 2.47. The van der Waals surface area contributed by atoms with Crippen LogP contribution >= 0.6 is 0 Å². The lowest BCUT2D eigenvalue weighted by Crippen LogP contribution is -2.33. The smallest absolute Gasteiger partial charge is 0.295 e. The second-order valence-electron chi connectivity index (χ2n) is 8.96. The minimum absolute atomic E-state index is 0.00754. The molecule has 37 heavy (non-hydrogen) atoms. The molecule has 3 heterocycles. The Morgan fingerprint density at radius 1 is 1.11 bits per heavy atom. The molecule has 0 bridgehead atoms. The first kappa shape index (κ1) is 26.2. The van der Waals surface area contributed by atoms with Crippen LogP contribution in [0.1, 0.15) is 43.3 Å². The van der Waals surface area contributed by atoms with Gasteiger partial charge in [-0.05, 0) is 63.3 Å². The molecule has 2 aromatic heterocycles. The van der Waals surface area contributed by atoms with E-state index in [2.05, 4.69) is 23.7 Å². The summed E-state index contributed by atoms with van der Waals surface area (Å²) < 4.78 is 12.8. The van der Waals surface area contributed by atoms with E-state index in [9.17, 15) is 14.7 Å². The average Bonchev–Trinajstić information content (AvgIpc) is 3.38. The summed E-state index contributed by atoms with van der Waals surface area (Å²) in [7, 11) is 3.08. The van der Waals surface area contributed by atoms with Gasteiger partial charge in [0.15, 0.2) is 5.76 Å². The largest absolute Gasteiger partial charge is 0.505 e. The van der Waals surface area contributed by atoms with Crippen LogP contribution in [0.4, 0.5) is 0 Å². The average molecular weight is 507 g/mol. The van der Waals surface area contributed by atoms with Crippen molar-refractivity contribution in [2.75, 3.05) is 40.4 Å². The molecule has 1 N–H and O–H groups in total. The number of methoxy groups -OCH3 is 2. The Labute approximate surface area is 216 Å². The zero-order valence-corrected chi connectivity index (χ0v) is 22.0. The Hall–Kier alpha value is -3.85. The van der Waals surface area contributed by atoms with E-state index < -0.39 is 17.7 Å². The number of ether oxygens (including phenoxy) is 2.